The number of anilines is 1. The van der Waals surface area contributed by atoms with Crippen LogP contribution in [0.2, 0.25) is 5.02 Å². The van der Waals surface area contributed by atoms with Crippen LogP contribution in [-0.4, -0.2) is 50.6 Å². The summed E-state index contributed by atoms with van der Waals surface area (Å²) in [6.45, 7) is 3.65. The van der Waals surface area contributed by atoms with Gasteiger partial charge in [-0.1, -0.05) is 59.8 Å². The number of nitrogens with zero attached hydrogens (tertiary/aromatic N) is 4. The van der Waals surface area contributed by atoms with E-state index in [-0.39, 0.29) is 21.5 Å². The summed E-state index contributed by atoms with van der Waals surface area (Å²) in [7, 11) is 0. The molecule has 2 saturated heterocycles. The third-order valence-corrected chi connectivity index (χ3v) is 10.3. The number of aromatic nitrogens is 2. The maximum Gasteiger partial charge on any atom is 0.256 e. The molecule has 4 heterocycles. The number of alkyl halides is 1. The van der Waals surface area contributed by atoms with Crippen LogP contribution in [0.15, 0.2) is 64.8 Å². The maximum atomic E-state index is 13.2. The molecule has 2 fully saturated rings. The van der Waals surface area contributed by atoms with Crippen LogP contribution in [0.3, 0.4) is 0 Å². The highest BCUT2D eigenvalue weighted by molar-refractivity contribution is 14.1. The van der Waals surface area contributed by atoms with Gasteiger partial charge in [0.15, 0.2) is 0 Å². The second-order valence-corrected chi connectivity index (χ2v) is 12.6. The Labute approximate surface area is 239 Å². The molecule has 0 radical (unpaired) electrons. The van der Waals surface area contributed by atoms with Gasteiger partial charge < -0.3 is 20.3 Å². The molecule has 37 heavy (non-hydrogen) atoms. The van der Waals surface area contributed by atoms with Crippen molar-refractivity contribution in [2.24, 2.45) is 11.1 Å². The van der Waals surface area contributed by atoms with Gasteiger partial charge in [0.1, 0.15) is 15.0 Å². The number of benzene rings is 2. The Bertz CT molecular complexity index is 1300. The molecule has 192 valence electrons. The molecule has 3 aliphatic rings. The highest BCUT2D eigenvalue weighted by Crippen LogP contribution is 2.44. The molecule has 2 atom stereocenters. The number of rotatable bonds is 5. The minimum Gasteiger partial charge on any atom is -0.366 e. The van der Waals surface area contributed by atoms with E-state index in [1.165, 1.54) is 11.8 Å². The highest BCUT2D eigenvalue weighted by Gasteiger charge is 2.48. The second-order valence-electron chi connectivity index (χ2n) is 9.91. The Balaban J connectivity index is 1.11. The molecule has 1 amide bonds. The first-order chi connectivity index (χ1) is 17.9. The zero-order chi connectivity index (χ0) is 25.6. The Kier molecular flexibility index (Phi) is 7.08. The summed E-state index contributed by atoms with van der Waals surface area (Å²) in [5, 5.41) is 1.23. The van der Waals surface area contributed by atoms with Crippen LogP contribution >= 0.6 is 46.0 Å². The number of halogens is 2. The van der Waals surface area contributed by atoms with Crippen molar-refractivity contribution < 1.29 is 9.53 Å². The van der Waals surface area contributed by atoms with Gasteiger partial charge >= 0.3 is 0 Å². The van der Waals surface area contributed by atoms with Crippen LogP contribution in [-0.2, 0) is 17.8 Å². The normalized spacial score (nSPS) is 22.6. The van der Waals surface area contributed by atoms with Crippen molar-refractivity contribution >= 4 is 57.7 Å². The van der Waals surface area contributed by atoms with Crippen molar-refractivity contribution in [3.63, 3.8) is 0 Å². The van der Waals surface area contributed by atoms with E-state index in [1.807, 2.05) is 53.6 Å². The summed E-state index contributed by atoms with van der Waals surface area (Å²) in [6, 6.07) is 14.0. The summed E-state index contributed by atoms with van der Waals surface area (Å²) >= 11 is 10.5. The molecule has 0 unspecified atom stereocenters. The average molecular weight is 648 g/mol. The molecule has 10 heteroatoms. The third-order valence-electron chi connectivity index (χ3n) is 7.70. The number of ether oxygens (including phenoxy) is 1. The van der Waals surface area contributed by atoms with Gasteiger partial charge in [-0.15, -0.1) is 0 Å². The van der Waals surface area contributed by atoms with Gasteiger partial charge in [-0.2, -0.15) is 0 Å². The number of carbonyl (C=O) groups excluding carboxylic acids is 1. The van der Waals surface area contributed by atoms with Crippen molar-refractivity contribution in [1.82, 2.24) is 14.9 Å². The fourth-order valence-electron chi connectivity index (χ4n) is 5.43. The first kappa shape index (κ1) is 25.4. The number of hydrogen-bond donors (Lipinski definition) is 1. The quantitative estimate of drug-likeness (QED) is 0.303. The van der Waals surface area contributed by atoms with Gasteiger partial charge in [0.2, 0.25) is 0 Å². The Morgan fingerprint density at radius 2 is 1.92 bits per heavy atom. The number of amides is 1. The van der Waals surface area contributed by atoms with E-state index >= 15 is 0 Å². The highest BCUT2D eigenvalue weighted by atomic mass is 127. The smallest absolute Gasteiger partial charge is 0.256 e. The van der Waals surface area contributed by atoms with Crippen molar-refractivity contribution in [2.45, 2.75) is 46.0 Å². The molecule has 3 aromatic rings. The number of piperidine rings is 1. The van der Waals surface area contributed by atoms with Crippen LogP contribution in [0, 0.1) is 5.41 Å². The maximum absolute atomic E-state index is 13.2. The van der Waals surface area contributed by atoms with E-state index in [9.17, 15) is 4.79 Å². The summed E-state index contributed by atoms with van der Waals surface area (Å²) in [6.07, 6.45) is 5.58. The Morgan fingerprint density at radius 3 is 2.59 bits per heavy atom. The molecule has 2 N–H and O–H groups in total. The van der Waals surface area contributed by atoms with Crippen LogP contribution < -0.4 is 10.6 Å². The molecule has 1 aromatic heterocycles. The summed E-state index contributed by atoms with van der Waals surface area (Å²) in [5.41, 5.74) is 9.17. The van der Waals surface area contributed by atoms with Crippen molar-refractivity contribution in [2.75, 3.05) is 24.6 Å². The van der Waals surface area contributed by atoms with Crippen LogP contribution in [0.5, 0.6) is 0 Å². The van der Waals surface area contributed by atoms with Gasteiger partial charge in [-0.25, -0.2) is 9.97 Å². The topological polar surface area (TPSA) is 84.6 Å². The van der Waals surface area contributed by atoms with Crippen LogP contribution in [0.25, 0.3) is 0 Å². The fourth-order valence-corrected chi connectivity index (χ4v) is 7.51. The largest absolute Gasteiger partial charge is 0.366 e. The Morgan fingerprint density at radius 1 is 1.14 bits per heavy atom. The minimum absolute atomic E-state index is 0.0307. The minimum atomic E-state index is -0.0307. The summed E-state index contributed by atoms with van der Waals surface area (Å²) in [4.78, 5) is 27.4. The first-order valence-corrected chi connectivity index (χ1v) is 14.8. The molecular formula is C27H27ClIN5O2S. The van der Waals surface area contributed by atoms with Crippen LogP contribution in [0.4, 0.5) is 5.82 Å². The fraction of sp³-hybridized carbons (Fsp3) is 0.370. The molecule has 0 aliphatic carbocycles. The number of fused-ring (bicyclic) bond motifs is 1. The molecule has 0 saturated carbocycles. The van der Waals surface area contributed by atoms with E-state index in [2.05, 4.69) is 37.5 Å². The van der Waals surface area contributed by atoms with Crippen molar-refractivity contribution in [1.29, 1.82) is 0 Å². The second kappa shape index (κ2) is 10.3. The van der Waals surface area contributed by atoms with Crippen molar-refractivity contribution in [3.05, 3.63) is 76.6 Å². The summed E-state index contributed by atoms with van der Waals surface area (Å²) in [5.74, 6) is 0.835. The van der Waals surface area contributed by atoms with Crippen LogP contribution in [0.1, 0.15) is 34.3 Å². The van der Waals surface area contributed by atoms with Gasteiger partial charge in [-0.3, -0.25) is 4.79 Å². The molecule has 3 aliphatic heterocycles. The Hall–Kier alpha value is -1.92. The van der Waals surface area contributed by atoms with Gasteiger partial charge in [0, 0.05) is 42.5 Å². The molecule has 0 bridgehead atoms. The summed E-state index contributed by atoms with van der Waals surface area (Å²) < 4.78 is 5.92. The predicted octanol–water partition coefficient (Wildman–Crippen LogP) is 5.14. The lowest BCUT2D eigenvalue weighted by molar-refractivity contribution is 0.0766. The number of hydrogen-bond acceptors (Lipinski definition) is 7. The van der Waals surface area contributed by atoms with Gasteiger partial charge in [0.25, 0.3) is 5.91 Å². The standard InChI is InChI=1S/C27H27ClIN5O2S/c28-23-19(7-6-18-15-34(26(35)22(18)23)14-17-4-2-1-3-5-17)37-21-13-31-20(12-32-21)33-10-8-27(9-11-33)16-36-25(29)24(27)30/h1-7,12-13,24-25H,8-11,14-16,30H2/t24-,25-/m1/s1. The zero-order valence-corrected chi connectivity index (χ0v) is 23.9. The van der Waals surface area contributed by atoms with E-state index in [0.29, 0.717) is 23.7 Å². The van der Waals surface area contributed by atoms with E-state index < -0.39 is 0 Å². The lowest BCUT2D eigenvalue weighted by atomic mass is 9.75. The van der Waals surface area contributed by atoms with Gasteiger partial charge in [0.05, 0.1) is 29.6 Å². The number of carbonyl (C=O) groups is 1. The van der Waals surface area contributed by atoms with E-state index in [1.54, 1.807) is 6.20 Å². The SMILES string of the molecule is N[C@@H]1[C@H](I)OCC12CCN(c1cnc(Sc3ccc4c(c3Cl)C(=O)N(Cc3ccccc3)C4)cn1)CC2. The molecule has 7 nitrogen and oxygen atoms in total. The predicted molar refractivity (Wildman–Crippen MR) is 153 cm³/mol. The number of nitrogens with two attached hydrogens (primary N) is 1. The van der Waals surface area contributed by atoms with Crippen molar-refractivity contribution in [3.8, 4) is 0 Å². The molecule has 1 spiro atoms. The average Bonchev–Trinajstić information content (AvgIpc) is 3.38. The zero-order valence-electron chi connectivity index (χ0n) is 20.1. The monoisotopic (exact) mass is 647 g/mol. The first-order valence-electron chi connectivity index (χ1n) is 12.3. The lowest BCUT2D eigenvalue weighted by Crippen LogP contribution is -2.50. The molecular weight excluding hydrogens is 621 g/mol. The van der Waals surface area contributed by atoms with Gasteiger partial charge in [-0.05, 0) is 52.6 Å². The van der Waals surface area contributed by atoms with E-state index in [0.717, 1.165) is 59.4 Å². The van der Waals surface area contributed by atoms with E-state index in [4.69, 9.17) is 22.1 Å². The molecule has 6 rings (SSSR count). The lowest BCUT2D eigenvalue weighted by Gasteiger charge is -2.41. The molecule has 2 aromatic carbocycles. The third kappa shape index (κ3) is 4.85.